The van der Waals surface area contributed by atoms with Crippen LogP contribution in [-0.4, -0.2) is 23.3 Å². The zero-order chi connectivity index (χ0) is 19.8. The highest BCUT2D eigenvalue weighted by Gasteiger charge is 2.11. The van der Waals surface area contributed by atoms with Gasteiger partial charge in [0.15, 0.2) is 0 Å². The maximum Gasteiger partial charge on any atom is 0.251 e. The predicted octanol–water partition coefficient (Wildman–Crippen LogP) is 4.72. The van der Waals surface area contributed by atoms with Gasteiger partial charge in [0.25, 0.3) is 5.91 Å². The van der Waals surface area contributed by atoms with Crippen LogP contribution in [-0.2, 0) is 4.79 Å². The van der Waals surface area contributed by atoms with Crippen molar-refractivity contribution in [3.05, 3.63) is 59.8 Å². The van der Waals surface area contributed by atoms with Crippen molar-refractivity contribution in [1.82, 2.24) is 10.3 Å². The van der Waals surface area contributed by atoms with Crippen molar-refractivity contribution in [2.24, 2.45) is 0 Å². The number of hydrogen-bond donors (Lipinski definition) is 2. The summed E-state index contributed by atoms with van der Waals surface area (Å²) in [7, 11) is 0. The summed E-state index contributed by atoms with van der Waals surface area (Å²) in [6.45, 7) is 2.48. The second-order valence-corrected chi connectivity index (χ2v) is 6.99. The minimum Gasteiger partial charge on any atom is -0.352 e. The predicted molar refractivity (Wildman–Crippen MR) is 112 cm³/mol. The lowest BCUT2D eigenvalue weighted by molar-refractivity contribution is -0.115. The molecule has 1 aromatic carbocycles. The van der Waals surface area contributed by atoms with Crippen LogP contribution in [0.25, 0.3) is 11.3 Å². The van der Waals surface area contributed by atoms with Crippen molar-refractivity contribution in [3.8, 4) is 11.3 Å². The van der Waals surface area contributed by atoms with Gasteiger partial charge >= 0.3 is 0 Å². The number of hydrogen-bond acceptors (Lipinski definition) is 3. The summed E-state index contributed by atoms with van der Waals surface area (Å²) < 4.78 is 0. The van der Waals surface area contributed by atoms with Crippen LogP contribution >= 0.6 is 0 Å². The number of carbonyl (C=O) groups excluding carboxylic acids is 2. The molecule has 146 valence electrons. The van der Waals surface area contributed by atoms with Gasteiger partial charge in [-0.05, 0) is 56.4 Å². The van der Waals surface area contributed by atoms with Crippen molar-refractivity contribution >= 4 is 17.5 Å². The molecule has 0 fully saturated rings. The maximum absolute atomic E-state index is 12.4. The van der Waals surface area contributed by atoms with Crippen LogP contribution in [0.5, 0.6) is 0 Å². The minimum absolute atomic E-state index is 0.0571. The highest BCUT2D eigenvalue weighted by Crippen LogP contribution is 2.26. The summed E-state index contributed by atoms with van der Waals surface area (Å²) >= 11 is 0. The Balaban J connectivity index is 1.62. The first-order chi connectivity index (χ1) is 13.7. The Bertz CT molecular complexity index is 856. The van der Waals surface area contributed by atoms with Gasteiger partial charge in [-0.1, -0.05) is 30.7 Å². The third-order valence-corrected chi connectivity index (χ3v) is 4.94. The molecule has 0 spiro atoms. The van der Waals surface area contributed by atoms with Gasteiger partial charge in [0, 0.05) is 30.3 Å². The van der Waals surface area contributed by atoms with E-state index in [1.165, 1.54) is 24.8 Å². The van der Waals surface area contributed by atoms with E-state index in [1.807, 2.05) is 25.1 Å². The molecule has 0 saturated carbocycles. The van der Waals surface area contributed by atoms with Crippen LogP contribution in [0.1, 0.15) is 55.8 Å². The number of nitrogens with zero attached hydrogens (tertiary/aromatic N) is 1. The second kappa shape index (κ2) is 9.83. The van der Waals surface area contributed by atoms with Crippen LogP contribution in [0.15, 0.2) is 54.2 Å². The molecule has 5 nitrogen and oxygen atoms in total. The fraction of sp³-hybridized carbons (Fsp3) is 0.348. The van der Waals surface area contributed by atoms with E-state index in [4.69, 9.17) is 0 Å². The summed E-state index contributed by atoms with van der Waals surface area (Å²) in [5, 5.41) is 5.87. The normalized spacial score (nSPS) is 13.5. The number of amides is 2. The van der Waals surface area contributed by atoms with Crippen molar-refractivity contribution in [2.75, 3.05) is 11.9 Å². The van der Waals surface area contributed by atoms with E-state index in [1.54, 1.807) is 24.4 Å². The molecule has 2 amide bonds. The third kappa shape index (κ3) is 5.28. The van der Waals surface area contributed by atoms with Crippen LogP contribution < -0.4 is 10.6 Å². The number of pyridine rings is 1. The standard InChI is InChI=1S/C23H27N3O2/c1-2-21(27)26-20-9-6-15-24-22(20)18-10-12-19(13-11-18)23(28)25-16-14-17-7-4-3-5-8-17/h6-7,9-13,15H,2-5,8,14,16H2,1H3,(H,25,28)(H,26,27). The first kappa shape index (κ1) is 19.8. The van der Waals surface area contributed by atoms with Crippen molar-refractivity contribution in [3.63, 3.8) is 0 Å². The average molecular weight is 377 g/mol. The molecule has 1 aromatic heterocycles. The molecule has 2 N–H and O–H groups in total. The molecule has 1 heterocycles. The van der Waals surface area contributed by atoms with Gasteiger partial charge in [-0.2, -0.15) is 0 Å². The Kier molecular flexibility index (Phi) is 6.95. The van der Waals surface area contributed by atoms with Crippen LogP contribution in [0.3, 0.4) is 0 Å². The number of nitrogens with one attached hydrogen (secondary N) is 2. The number of anilines is 1. The van der Waals surface area contributed by atoms with E-state index in [0.717, 1.165) is 18.4 Å². The van der Waals surface area contributed by atoms with Gasteiger partial charge in [0.05, 0.1) is 11.4 Å². The monoisotopic (exact) mass is 377 g/mol. The van der Waals surface area contributed by atoms with Gasteiger partial charge < -0.3 is 10.6 Å². The summed E-state index contributed by atoms with van der Waals surface area (Å²) in [4.78, 5) is 28.5. The fourth-order valence-corrected chi connectivity index (χ4v) is 3.32. The molecule has 0 bridgehead atoms. The van der Waals surface area contributed by atoms with Gasteiger partial charge in [-0.3, -0.25) is 14.6 Å². The van der Waals surface area contributed by atoms with Crippen molar-refractivity contribution in [1.29, 1.82) is 0 Å². The van der Waals surface area contributed by atoms with E-state index < -0.39 is 0 Å². The first-order valence-corrected chi connectivity index (χ1v) is 9.99. The Morgan fingerprint density at radius 1 is 1.11 bits per heavy atom. The molecule has 1 aliphatic carbocycles. The van der Waals surface area contributed by atoms with E-state index in [9.17, 15) is 9.59 Å². The van der Waals surface area contributed by atoms with Gasteiger partial charge in [0.2, 0.25) is 5.91 Å². The molecule has 2 aromatic rings. The van der Waals surface area contributed by atoms with Crippen molar-refractivity contribution < 1.29 is 9.59 Å². The smallest absolute Gasteiger partial charge is 0.251 e. The SMILES string of the molecule is CCC(=O)Nc1cccnc1-c1ccc(C(=O)NCCC2=CCCCC2)cc1. The molecule has 5 heteroatoms. The molecule has 28 heavy (non-hydrogen) atoms. The van der Waals surface area contributed by atoms with E-state index in [0.29, 0.717) is 29.9 Å². The maximum atomic E-state index is 12.4. The van der Waals surface area contributed by atoms with E-state index in [-0.39, 0.29) is 11.8 Å². The lowest BCUT2D eigenvalue weighted by atomic mass is 9.97. The highest BCUT2D eigenvalue weighted by molar-refractivity contribution is 5.96. The van der Waals surface area contributed by atoms with E-state index in [2.05, 4.69) is 21.7 Å². The molecule has 0 atom stereocenters. The number of allylic oxidation sites excluding steroid dienone is 1. The Morgan fingerprint density at radius 3 is 2.64 bits per heavy atom. The Morgan fingerprint density at radius 2 is 1.93 bits per heavy atom. The number of rotatable bonds is 7. The molecule has 0 radical (unpaired) electrons. The molecule has 1 aliphatic rings. The molecule has 0 aliphatic heterocycles. The highest BCUT2D eigenvalue weighted by atomic mass is 16.2. The largest absolute Gasteiger partial charge is 0.352 e. The van der Waals surface area contributed by atoms with Gasteiger partial charge in [-0.25, -0.2) is 0 Å². The molecular formula is C23H27N3O2. The lowest BCUT2D eigenvalue weighted by Gasteiger charge is -2.13. The third-order valence-electron chi connectivity index (χ3n) is 4.94. The van der Waals surface area contributed by atoms with Gasteiger partial charge in [-0.15, -0.1) is 0 Å². The summed E-state index contributed by atoms with van der Waals surface area (Å²) in [5.41, 5.74) is 4.30. The van der Waals surface area contributed by atoms with Crippen molar-refractivity contribution in [2.45, 2.75) is 45.4 Å². The molecule has 0 saturated heterocycles. The summed E-state index contributed by atoms with van der Waals surface area (Å²) in [5.74, 6) is -0.123. The average Bonchev–Trinajstić information content (AvgIpc) is 2.75. The molecule has 0 unspecified atom stereocenters. The van der Waals surface area contributed by atoms with Crippen LogP contribution in [0.4, 0.5) is 5.69 Å². The van der Waals surface area contributed by atoms with Gasteiger partial charge in [0.1, 0.15) is 0 Å². The first-order valence-electron chi connectivity index (χ1n) is 9.99. The number of carbonyl (C=O) groups is 2. The lowest BCUT2D eigenvalue weighted by Crippen LogP contribution is -2.24. The molecule has 3 rings (SSSR count). The summed E-state index contributed by atoms with van der Waals surface area (Å²) in [6.07, 6.45) is 10.2. The number of benzene rings is 1. The Hall–Kier alpha value is -2.95. The topological polar surface area (TPSA) is 71.1 Å². The second-order valence-electron chi connectivity index (χ2n) is 6.99. The minimum atomic E-state index is -0.0662. The summed E-state index contributed by atoms with van der Waals surface area (Å²) in [6, 6.07) is 10.9. The van der Waals surface area contributed by atoms with Crippen LogP contribution in [0, 0.1) is 0 Å². The molecular weight excluding hydrogens is 350 g/mol. The fourth-order valence-electron chi connectivity index (χ4n) is 3.32. The van der Waals surface area contributed by atoms with Crippen LogP contribution in [0.2, 0.25) is 0 Å². The number of aromatic nitrogens is 1. The Labute approximate surface area is 166 Å². The zero-order valence-corrected chi connectivity index (χ0v) is 16.3. The quantitative estimate of drug-likeness (QED) is 0.686. The zero-order valence-electron chi connectivity index (χ0n) is 16.3. The van der Waals surface area contributed by atoms with E-state index >= 15 is 0 Å².